The van der Waals surface area contributed by atoms with Crippen LogP contribution in [0.4, 0.5) is 0 Å². The molecule has 0 aliphatic heterocycles. The topological polar surface area (TPSA) is 72.7 Å². The van der Waals surface area contributed by atoms with E-state index < -0.39 is 0 Å². The molecule has 1 aliphatic carbocycles. The van der Waals surface area contributed by atoms with Gasteiger partial charge in [0.15, 0.2) is 11.0 Å². The number of nitrogens with one attached hydrogen (secondary N) is 1. The number of thioether (sulfide) groups is 1. The van der Waals surface area contributed by atoms with Crippen LogP contribution in [-0.2, 0) is 11.8 Å². The Bertz CT molecular complexity index is 624. The Morgan fingerprint density at radius 1 is 1.48 bits per heavy atom. The molecule has 1 N–H and O–H groups in total. The first kappa shape index (κ1) is 14.1. The fourth-order valence-corrected chi connectivity index (χ4v) is 2.69. The Morgan fingerprint density at radius 3 is 3.05 bits per heavy atom. The van der Waals surface area contributed by atoms with Gasteiger partial charge in [-0.05, 0) is 30.9 Å². The first-order valence-electron chi connectivity index (χ1n) is 6.93. The van der Waals surface area contributed by atoms with Gasteiger partial charge in [0.1, 0.15) is 0 Å². The van der Waals surface area contributed by atoms with Gasteiger partial charge in [-0.25, -0.2) is 0 Å². The first-order valence-corrected chi connectivity index (χ1v) is 7.92. The summed E-state index contributed by atoms with van der Waals surface area (Å²) in [6.45, 7) is 0.805. The van der Waals surface area contributed by atoms with Crippen molar-refractivity contribution in [1.29, 1.82) is 0 Å². The molecule has 2 aromatic rings. The summed E-state index contributed by atoms with van der Waals surface area (Å²) in [6, 6.07) is 3.80. The zero-order valence-corrected chi connectivity index (χ0v) is 12.6. The average molecular weight is 303 g/mol. The van der Waals surface area contributed by atoms with Crippen molar-refractivity contribution in [1.82, 2.24) is 25.1 Å². The van der Waals surface area contributed by atoms with Gasteiger partial charge in [0.2, 0.25) is 5.91 Å². The van der Waals surface area contributed by atoms with Gasteiger partial charge < -0.3 is 9.88 Å². The van der Waals surface area contributed by atoms with E-state index in [1.165, 1.54) is 24.6 Å². The summed E-state index contributed by atoms with van der Waals surface area (Å²) in [5.74, 6) is 1.87. The molecule has 6 nitrogen and oxygen atoms in total. The highest BCUT2D eigenvalue weighted by Gasteiger charge is 2.21. The highest BCUT2D eigenvalue weighted by molar-refractivity contribution is 7.99. The Morgan fingerprint density at radius 2 is 2.33 bits per heavy atom. The molecular formula is C14H17N5OS. The summed E-state index contributed by atoms with van der Waals surface area (Å²) < 4.78 is 1.88. The lowest BCUT2D eigenvalue weighted by Crippen LogP contribution is -2.27. The second kappa shape index (κ2) is 6.26. The second-order valence-electron chi connectivity index (χ2n) is 5.14. The van der Waals surface area contributed by atoms with Crippen LogP contribution in [0.1, 0.15) is 12.8 Å². The van der Waals surface area contributed by atoms with Crippen molar-refractivity contribution in [3.05, 3.63) is 24.5 Å². The van der Waals surface area contributed by atoms with Crippen LogP contribution in [0.15, 0.2) is 29.7 Å². The minimum atomic E-state index is 0.0535. The van der Waals surface area contributed by atoms with Crippen molar-refractivity contribution in [2.24, 2.45) is 13.0 Å². The summed E-state index contributed by atoms with van der Waals surface area (Å²) in [6.07, 6.45) is 5.96. The predicted octanol–water partition coefficient (Wildman–Crippen LogP) is 1.50. The van der Waals surface area contributed by atoms with Crippen LogP contribution in [0.5, 0.6) is 0 Å². The Hall–Kier alpha value is -1.89. The standard InChI is InChI=1S/C14H17N5OS/c1-19-13(11-3-2-6-15-8-11)17-18-14(19)21-9-12(20)16-7-10-4-5-10/h2-3,6,8,10H,4-5,7,9H2,1H3,(H,16,20). The maximum Gasteiger partial charge on any atom is 0.230 e. The number of pyridine rings is 1. The molecule has 0 saturated heterocycles. The number of carbonyl (C=O) groups excluding carboxylic acids is 1. The van der Waals surface area contributed by atoms with Gasteiger partial charge >= 0.3 is 0 Å². The smallest absolute Gasteiger partial charge is 0.230 e. The summed E-state index contributed by atoms with van der Waals surface area (Å²) in [5, 5.41) is 12.0. The van der Waals surface area contributed by atoms with Crippen LogP contribution in [0, 0.1) is 5.92 Å². The van der Waals surface area contributed by atoms with Crippen molar-refractivity contribution in [3.63, 3.8) is 0 Å². The molecule has 1 fully saturated rings. The van der Waals surface area contributed by atoms with Gasteiger partial charge in [-0.15, -0.1) is 10.2 Å². The number of carbonyl (C=O) groups is 1. The van der Waals surface area contributed by atoms with E-state index in [4.69, 9.17) is 0 Å². The lowest BCUT2D eigenvalue weighted by atomic mass is 10.3. The molecule has 3 rings (SSSR count). The molecular weight excluding hydrogens is 286 g/mol. The van der Waals surface area contributed by atoms with Crippen LogP contribution in [0.25, 0.3) is 11.4 Å². The zero-order valence-electron chi connectivity index (χ0n) is 11.8. The summed E-state index contributed by atoms with van der Waals surface area (Å²) in [7, 11) is 1.90. The normalized spacial score (nSPS) is 14.1. The molecule has 0 bridgehead atoms. The summed E-state index contributed by atoms with van der Waals surface area (Å²) in [5.41, 5.74) is 0.914. The minimum Gasteiger partial charge on any atom is -0.355 e. The van der Waals surface area contributed by atoms with Crippen LogP contribution in [0.3, 0.4) is 0 Å². The fraction of sp³-hybridized carbons (Fsp3) is 0.429. The van der Waals surface area contributed by atoms with Gasteiger partial charge in [-0.1, -0.05) is 11.8 Å². The summed E-state index contributed by atoms with van der Waals surface area (Å²) >= 11 is 1.40. The van der Waals surface area contributed by atoms with Gasteiger partial charge in [0.25, 0.3) is 0 Å². The largest absolute Gasteiger partial charge is 0.355 e. The quantitative estimate of drug-likeness (QED) is 0.819. The molecule has 21 heavy (non-hydrogen) atoms. The van der Waals surface area contributed by atoms with E-state index in [-0.39, 0.29) is 5.91 Å². The third-order valence-electron chi connectivity index (χ3n) is 3.37. The number of hydrogen-bond acceptors (Lipinski definition) is 5. The number of amides is 1. The molecule has 1 amide bonds. The third-order valence-corrected chi connectivity index (χ3v) is 4.39. The van der Waals surface area contributed by atoms with Crippen molar-refractivity contribution >= 4 is 17.7 Å². The zero-order chi connectivity index (χ0) is 14.7. The lowest BCUT2D eigenvalue weighted by Gasteiger charge is -2.04. The average Bonchev–Trinajstić information content (AvgIpc) is 3.27. The Labute approximate surface area is 127 Å². The fourth-order valence-electron chi connectivity index (χ4n) is 1.95. The maximum absolute atomic E-state index is 11.7. The first-order chi connectivity index (χ1) is 10.2. The van der Waals surface area contributed by atoms with Crippen LogP contribution in [-0.4, -0.2) is 38.0 Å². The Kier molecular flexibility index (Phi) is 4.19. The van der Waals surface area contributed by atoms with E-state index in [0.717, 1.165) is 23.1 Å². The van der Waals surface area contributed by atoms with Crippen LogP contribution >= 0.6 is 11.8 Å². The lowest BCUT2D eigenvalue weighted by molar-refractivity contribution is -0.118. The van der Waals surface area contributed by atoms with Gasteiger partial charge in [0.05, 0.1) is 5.75 Å². The van der Waals surface area contributed by atoms with E-state index >= 15 is 0 Å². The molecule has 0 spiro atoms. The predicted molar refractivity (Wildman–Crippen MR) is 80.7 cm³/mol. The summed E-state index contributed by atoms with van der Waals surface area (Å²) in [4.78, 5) is 15.8. The second-order valence-corrected chi connectivity index (χ2v) is 6.09. The SMILES string of the molecule is Cn1c(SCC(=O)NCC2CC2)nnc1-c1cccnc1. The molecule has 110 valence electrons. The van der Waals surface area contributed by atoms with E-state index in [9.17, 15) is 4.79 Å². The van der Waals surface area contributed by atoms with E-state index in [0.29, 0.717) is 11.7 Å². The van der Waals surface area contributed by atoms with Crippen LogP contribution < -0.4 is 5.32 Å². The van der Waals surface area contributed by atoms with E-state index in [1.807, 2.05) is 23.7 Å². The molecule has 0 radical (unpaired) electrons. The molecule has 2 heterocycles. The Balaban J connectivity index is 1.58. The molecule has 2 aromatic heterocycles. The number of aromatic nitrogens is 4. The monoisotopic (exact) mass is 303 g/mol. The van der Waals surface area contributed by atoms with Crippen molar-refractivity contribution in [2.45, 2.75) is 18.0 Å². The molecule has 0 atom stereocenters. The number of nitrogens with zero attached hydrogens (tertiary/aromatic N) is 4. The van der Waals surface area contributed by atoms with Gasteiger partial charge in [-0.3, -0.25) is 9.78 Å². The van der Waals surface area contributed by atoms with E-state index in [2.05, 4.69) is 20.5 Å². The van der Waals surface area contributed by atoms with Crippen LogP contribution in [0.2, 0.25) is 0 Å². The number of hydrogen-bond donors (Lipinski definition) is 1. The van der Waals surface area contributed by atoms with Gasteiger partial charge in [0, 0.05) is 31.5 Å². The minimum absolute atomic E-state index is 0.0535. The molecule has 0 aromatic carbocycles. The van der Waals surface area contributed by atoms with Gasteiger partial charge in [-0.2, -0.15) is 0 Å². The number of rotatable bonds is 6. The highest BCUT2D eigenvalue weighted by Crippen LogP contribution is 2.27. The molecule has 0 unspecified atom stereocenters. The van der Waals surface area contributed by atoms with Crippen molar-refractivity contribution in [2.75, 3.05) is 12.3 Å². The molecule has 1 aliphatic rings. The highest BCUT2D eigenvalue weighted by atomic mass is 32.2. The molecule has 1 saturated carbocycles. The molecule has 7 heteroatoms. The van der Waals surface area contributed by atoms with Crippen molar-refractivity contribution < 1.29 is 4.79 Å². The maximum atomic E-state index is 11.7. The van der Waals surface area contributed by atoms with E-state index in [1.54, 1.807) is 12.4 Å². The van der Waals surface area contributed by atoms with Crippen molar-refractivity contribution in [3.8, 4) is 11.4 Å². The third kappa shape index (κ3) is 3.60.